The summed E-state index contributed by atoms with van der Waals surface area (Å²) in [5.74, 6) is 1.76. The van der Waals surface area contributed by atoms with Crippen molar-refractivity contribution in [3.05, 3.63) is 18.0 Å². The van der Waals surface area contributed by atoms with Crippen LogP contribution in [0.5, 0.6) is 0 Å². The summed E-state index contributed by atoms with van der Waals surface area (Å²) in [6.45, 7) is 5.29. The third kappa shape index (κ3) is 2.59. The maximum absolute atomic E-state index is 5.79. The first-order chi connectivity index (χ1) is 9.63. The van der Waals surface area contributed by atoms with Crippen LogP contribution in [0.25, 0.3) is 5.65 Å². The lowest BCUT2D eigenvalue weighted by Crippen LogP contribution is -2.46. The van der Waals surface area contributed by atoms with E-state index in [0.717, 1.165) is 43.5 Å². The van der Waals surface area contributed by atoms with Crippen molar-refractivity contribution in [2.24, 2.45) is 0 Å². The Hall–Kier alpha value is -1.73. The van der Waals surface area contributed by atoms with Crippen molar-refractivity contribution in [3.8, 4) is 0 Å². The molecule has 0 aromatic carbocycles. The summed E-state index contributed by atoms with van der Waals surface area (Å²) < 4.78 is 7.58. The summed E-state index contributed by atoms with van der Waals surface area (Å²) in [5.41, 5.74) is 0.782. The molecule has 1 aliphatic rings. The largest absolute Gasteiger partial charge is 0.373 e. The second-order valence-electron chi connectivity index (χ2n) is 5.41. The Morgan fingerprint density at radius 3 is 3.00 bits per heavy atom. The SMILES string of the molecule is Cc1nnc2ccc(N3CCOC(CN(C)C)C3)nn12. The molecule has 3 heterocycles. The molecule has 0 N–H and O–H groups in total. The van der Waals surface area contributed by atoms with E-state index < -0.39 is 0 Å². The second kappa shape index (κ2) is 5.34. The predicted octanol–water partition coefficient (Wildman–Crippen LogP) is 0.200. The summed E-state index contributed by atoms with van der Waals surface area (Å²) >= 11 is 0. The lowest BCUT2D eigenvalue weighted by Gasteiger charge is -2.34. The van der Waals surface area contributed by atoms with Crippen LogP contribution in [0.15, 0.2) is 12.1 Å². The molecule has 0 saturated carbocycles. The average Bonchev–Trinajstić information content (AvgIpc) is 2.80. The van der Waals surface area contributed by atoms with Gasteiger partial charge < -0.3 is 14.5 Å². The first kappa shape index (κ1) is 13.3. The standard InChI is InChI=1S/C13H20N6O/c1-10-14-15-12-4-5-13(16-19(10)12)18-6-7-20-11(9-18)8-17(2)3/h4-5,11H,6-9H2,1-3H3. The molecular formula is C13H20N6O. The maximum atomic E-state index is 5.79. The van der Waals surface area contributed by atoms with E-state index in [0.29, 0.717) is 0 Å². The van der Waals surface area contributed by atoms with Crippen LogP contribution >= 0.6 is 0 Å². The summed E-state index contributed by atoms with van der Waals surface area (Å²) in [6, 6.07) is 3.96. The van der Waals surface area contributed by atoms with Gasteiger partial charge in [0.05, 0.1) is 12.7 Å². The Labute approximate surface area is 118 Å². The van der Waals surface area contributed by atoms with E-state index in [9.17, 15) is 0 Å². The predicted molar refractivity (Wildman–Crippen MR) is 76.0 cm³/mol. The number of hydrogen-bond donors (Lipinski definition) is 0. The van der Waals surface area contributed by atoms with Gasteiger partial charge in [-0.1, -0.05) is 0 Å². The molecule has 0 radical (unpaired) electrons. The minimum atomic E-state index is 0.221. The Morgan fingerprint density at radius 1 is 1.35 bits per heavy atom. The number of aromatic nitrogens is 4. The van der Waals surface area contributed by atoms with Gasteiger partial charge >= 0.3 is 0 Å². The Morgan fingerprint density at radius 2 is 2.20 bits per heavy atom. The number of aryl methyl sites for hydroxylation is 1. The maximum Gasteiger partial charge on any atom is 0.178 e. The highest BCUT2D eigenvalue weighted by Crippen LogP contribution is 2.16. The minimum absolute atomic E-state index is 0.221. The van der Waals surface area contributed by atoms with Crippen LogP contribution in [0.3, 0.4) is 0 Å². The fraction of sp³-hybridized carbons (Fsp3) is 0.615. The first-order valence-electron chi connectivity index (χ1n) is 6.84. The van der Waals surface area contributed by atoms with Gasteiger partial charge in [0.15, 0.2) is 11.5 Å². The van der Waals surface area contributed by atoms with E-state index in [2.05, 4.69) is 39.2 Å². The molecule has 7 nitrogen and oxygen atoms in total. The smallest absolute Gasteiger partial charge is 0.178 e. The molecule has 2 aromatic heterocycles. The average molecular weight is 276 g/mol. The van der Waals surface area contributed by atoms with E-state index in [1.54, 1.807) is 4.52 Å². The third-order valence-corrected chi connectivity index (χ3v) is 3.44. The summed E-state index contributed by atoms with van der Waals surface area (Å²) in [4.78, 5) is 4.41. The Bertz CT molecular complexity index is 596. The summed E-state index contributed by atoms with van der Waals surface area (Å²) in [7, 11) is 4.13. The molecule has 0 aliphatic carbocycles. The molecule has 0 amide bonds. The van der Waals surface area contributed by atoms with Crippen LogP contribution < -0.4 is 4.90 Å². The number of ether oxygens (including phenoxy) is 1. The third-order valence-electron chi connectivity index (χ3n) is 3.44. The Kier molecular flexibility index (Phi) is 3.54. The molecule has 1 aliphatic heterocycles. The van der Waals surface area contributed by atoms with E-state index >= 15 is 0 Å². The van der Waals surface area contributed by atoms with Crippen LogP contribution in [0.2, 0.25) is 0 Å². The topological polar surface area (TPSA) is 58.8 Å². The molecule has 1 atom stereocenters. The van der Waals surface area contributed by atoms with Gasteiger partial charge in [-0.15, -0.1) is 15.3 Å². The molecule has 3 rings (SSSR count). The monoisotopic (exact) mass is 276 g/mol. The molecule has 20 heavy (non-hydrogen) atoms. The van der Waals surface area contributed by atoms with Crippen LogP contribution in [0.4, 0.5) is 5.82 Å². The fourth-order valence-electron chi connectivity index (χ4n) is 2.50. The zero-order chi connectivity index (χ0) is 14.1. The number of anilines is 1. The van der Waals surface area contributed by atoms with Crippen LogP contribution in [-0.2, 0) is 4.74 Å². The summed E-state index contributed by atoms with van der Waals surface area (Å²) in [6.07, 6.45) is 0.221. The molecule has 1 unspecified atom stereocenters. The van der Waals surface area contributed by atoms with E-state index in [1.165, 1.54) is 0 Å². The molecule has 7 heteroatoms. The van der Waals surface area contributed by atoms with Gasteiger partial charge in [0.2, 0.25) is 0 Å². The first-order valence-corrected chi connectivity index (χ1v) is 6.84. The molecule has 1 saturated heterocycles. The van der Waals surface area contributed by atoms with Crippen LogP contribution in [0.1, 0.15) is 5.82 Å². The zero-order valence-corrected chi connectivity index (χ0v) is 12.2. The number of nitrogens with zero attached hydrogens (tertiary/aromatic N) is 6. The van der Waals surface area contributed by atoms with Crippen LogP contribution in [0, 0.1) is 6.92 Å². The van der Waals surface area contributed by atoms with Crippen molar-refractivity contribution in [1.82, 2.24) is 24.7 Å². The number of rotatable bonds is 3. The highest BCUT2D eigenvalue weighted by molar-refractivity contribution is 5.46. The van der Waals surface area contributed by atoms with Gasteiger partial charge in [-0.25, -0.2) is 0 Å². The van der Waals surface area contributed by atoms with Crippen molar-refractivity contribution in [3.63, 3.8) is 0 Å². The second-order valence-corrected chi connectivity index (χ2v) is 5.41. The summed E-state index contributed by atoms with van der Waals surface area (Å²) in [5, 5.41) is 12.7. The molecule has 0 bridgehead atoms. The van der Waals surface area contributed by atoms with E-state index in [-0.39, 0.29) is 6.10 Å². The van der Waals surface area contributed by atoms with Gasteiger partial charge in [0, 0.05) is 19.6 Å². The number of likely N-dealkylation sites (N-methyl/N-ethyl adjacent to an activating group) is 1. The molecule has 1 fully saturated rings. The normalized spacial score (nSPS) is 20.0. The van der Waals surface area contributed by atoms with Gasteiger partial charge in [-0.2, -0.15) is 4.52 Å². The highest BCUT2D eigenvalue weighted by Gasteiger charge is 2.22. The molecule has 2 aromatic rings. The number of morpholine rings is 1. The fourth-order valence-corrected chi connectivity index (χ4v) is 2.50. The van der Waals surface area contributed by atoms with E-state index in [4.69, 9.17) is 4.74 Å². The van der Waals surface area contributed by atoms with Crippen molar-refractivity contribution >= 4 is 11.5 Å². The lowest BCUT2D eigenvalue weighted by molar-refractivity contribution is 0.0245. The van der Waals surface area contributed by atoms with Gasteiger partial charge in [0.1, 0.15) is 5.82 Å². The molecule has 0 spiro atoms. The van der Waals surface area contributed by atoms with Gasteiger partial charge in [-0.05, 0) is 33.2 Å². The zero-order valence-electron chi connectivity index (χ0n) is 12.2. The van der Waals surface area contributed by atoms with Crippen LogP contribution in [-0.4, -0.2) is 71.2 Å². The lowest BCUT2D eigenvalue weighted by atomic mass is 10.2. The number of fused-ring (bicyclic) bond motifs is 1. The van der Waals surface area contributed by atoms with Gasteiger partial charge in [0.25, 0.3) is 0 Å². The van der Waals surface area contributed by atoms with Crippen molar-refractivity contribution < 1.29 is 4.74 Å². The Balaban J connectivity index is 1.81. The van der Waals surface area contributed by atoms with Crippen molar-refractivity contribution in [2.75, 3.05) is 45.2 Å². The minimum Gasteiger partial charge on any atom is -0.373 e. The molecule has 108 valence electrons. The number of hydrogen-bond acceptors (Lipinski definition) is 6. The van der Waals surface area contributed by atoms with Gasteiger partial charge in [-0.3, -0.25) is 0 Å². The molecular weight excluding hydrogens is 256 g/mol. The van der Waals surface area contributed by atoms with E-state index in [1.807, 2.05) is 19.1 Å². The highest BCUT2D eigenvalue weighted by atomic mass is 16.5. The van der Waals surface area contributed by atoms with Crippen molar-refractivity contribution in [2.45, 2.75) is 13.0 Å². The van der Waals surface area contributed by atoms with Crippen molar-refractivity contribution in [1.29, 1.82) is 0 Å². The quantitative estimate of drug-likeness (QED) is 0.798.